The van der Waals surface area contributed by atoms with Crippen molar-refractivity contribution in [2.45, 2.75) is 57.2 Å². The average molecular weight is 548 g/mol. The second-order valence-electron chi connectivity index (χ2n) is 8.37. The normalized spacial score (nSPS) is 29.1. The van der Waals surface area contributed by atoms with Gasteiger partial charge >= 0.3 is 21.3 Å². The van der Waals surface area contributed by atoms with Gasteiger partial charge in [-0.3, -0.25) is 23.4 Å². The molecule has 2 aliphatic rings. The molecule has 0 saturated carbocycles. The molecular weight excluding hydrogens is 522 g/mol. The molecule has 0 spiro atoms. The first-order valence-corrected chi connectivity index (χ1v) is 13.9. The number of hydrogen-bond donors (Lipinski definition) is 3. The summed E-state index contributed by atoms with van der Waals surface area (Å²) < 4.78 is 56.9. The van der Waals surface area contributed by atoms with E-state index in [0.29, 0.717) is 6.42 Å². The predicted octanol–water partition coefficient (Wildman–Crippen LogP) is 1.45. The van der Waals surface area contributed by atoms with Crippen LogP contribution in [-0.2, 0) is 43.1 Å². The maximum atomic E-state index is 12.4. The molecule has 0 amide bonds. The molecule has 0 bridgehead atoms. The Morgan fingerprint density at radius 1 is 1.03 bits per heavy atom. The molecule has 0 radical (unpaired) electrons. The highest BCUT2D eigenvalue weighted by atomic mass is 31.3. The van der Waals surface area contributed by atoms with Crippen molar-refractivity contribution in [3.05, 3.63) is 69.0 Å². The number of nitrogens with one attached hydrogen (secondary N) is 1. The van der Waals surface area contributed by atoms with Crippen molar-refractivity contribution in [3.63, 3.8) is 0 Å². The van der Waals surface area contributed by atoms with E-state index in [9.17, 15) is 28.5 Å². The van der Waals surface area contributed by atoms with Crippen LogP contribution in [-0.4, -0.2) is 56.7 Å². The molecule has 7 atom stereocenters. The fraction of sp³-hybridized carbons (Fsp3) is 0.500. The maximum absolute atomic E-state index is 12.4. The number of aromatic nitrogens is 2. The molecule has 0 aliphatic carbocycles. The molecule has 4 rings (SSSR count). The Bertz CT molecular complexity index is 1270. The van der Waals surface area contributed by atoms with Gasteiger partial charge in [-0.25, -0.2) is 13.9 Å². The molecule has 3 heterocycles. The Morgan fingerprint density at radius 2 is 1.72 bits per heavy atom. The summed E-state index contributed by atoms with van der Waals surface area (Å²) in [6, 6.07) is 10.5. The standard InChI is InChI=1S/C20H26N2O12P2/c1-12(2)33-36(27,28)34-35(25,26)29-11-14-17-18(19(30-14)22-9-8-15(23)21-20(22)24)32-16(31-17)10-13-6-4-3-5-7-13/h3-9,12,14,16-19H,10-11H2,1-2H3,(H,25,26)(H,27,28)(H,21,23,24)/t14-,16?,17+,18?,19-/m1/s1. The molecule has 2 aromatic rings. The van der Waals surface area contributed by atoms with E-state index in [4.69, 9.17) is 18.7 Å². The molecule has 14 nitrogen and oxygen atoms in total. The summed E-state index contributed by atoms with van der Waals surface area (Å²) >= 11 is 0. The Kier molecular flexibility index (Phi) is 8.13. The van der Waals surface area contributed by atoms with Gasteiger partial charge in [0, 0.05) is 18.7 Å². The van der Waals surface area contributed by atoms with Crippen molar-refractivity contribution < 1.29 is 46.5 Å². The van der Waals surface area contributed by atoms with Crippen molar-refractivity contribution in [2.24, 2.45) is 0 Å². The van der Waals surface area contributed by atoms with Crippen LogP contribution in [0.3, 0.4) is 0 Å². The van der Waals surface area contributed by atoms with Crippen LogP contribution in [0.5, 0.6) is 0 Å². The summed E-state index contributed by atoms with van der Waals surface area (Å²) in [6.07, 6.45) is -3.71. The fourth-order valence-electron chi connectivity index (χ4n) is 3.90. The van der Waals surface area contributed by atoms with Crippen LogP contribution in [0.1, 0.15) is 25.6 Å². The first-order chi connectivity index (χ1) is 16.9. The monoisotopic (exact) mass is 548 g/mol. The van der Waals surface area contributed by atoms with Gasteiger partial charge in [0.05, 0.1) is 12.7 Å². The van der Waals surface area contributed by atoms with Crippen LogP contribution in [0.4, 0.5) is 0 Å². The predicted molar refractivity (Wildman–Crippen MR) is 122 cm³/mol. The minimum absolute atomic E-state index is 0.372. The zero-order chi connectivity index (χ0) is 26.1. The van der Waals surface area contributed by atoms with Crippen LogP contribution >= 0.6 is 15.6 Å². The van der Waals surface area contributed by atoms with E-state index in [2.05, 4.69) is 13.8 Å². The molecule has 2 aliphatic heterocycles. The highest BCUT2D eigenvalue weighted by Gasteiger charge is 2.54. The number of hydrogen-bond acceptors (Lipinski definition) is 10. The first kappa shape index (κ1) is 27.1. The van der Waals surface area contributed by atoms with Gasteiger partial charge in [-0.1, -0.05) is 30.3 Å². The zero-order valence-electron chi connectivity index (χ0n) is 19.2. The van der Waals surface area contributed by atoms with Crippen molar-refractivity contribution >= 4 is 15.6 Å². The van der Waals surface area contributed by atoms with Crippen LogP contribution in [0.2, 0.25) is 0 Å². The Hall–Kier alpha value is -1.96. The summed E-state index contributed by atoms with van der Waals surface area (Å²) in [5, 5.41) is 0. The van der Waals surface area contributed by atoms with Gasteiger partial charge in [0.2, 0.25) is 0 Å². The molecular formula is C20H26N2O12P2. The third-order valence-corrected chi connectivity index (χ3v) is 8.04. The molecule has 2 fully saturated rings. The molecule has 2 saturated heterocycles. The summed E-state index contributed by atoms with van der Waals surface area (Å²) in [5.41, 5.74) is -0.441. The van der Waals surface area contributed by atoms with Crippen molar-refractivity contribution in [1.29, 1.82) is 0 Å². The van der Waals surface area contributed by atoms with Gasteiger partial charge in [0.1, 0.15) is 18.3 Å². The number of ether oxygens (including phenoxy) is 3. The SMILES string of the molecule is CC(C)OP(=O)(O)OP(=O)(O)OC[C@H]1O[C@@H](n2ccc(=O)[nH]c2=O)C2OC(Cc3ccccc3)O[C@H]21. The molecule has 1 aromatic heterocycles. The highest BCUT2D eigenvalue weighted by molar-refractivity contribution is 7.61. The number of phosphoric ester groups is 2. The van der Waals surface area contributed by atoms with E-state index in [-0.39, 0.29) is 0 Å². The van der Waals surface area contributed by atoms with Crippen LogP contribution in [0.25, 0.3) is 0 Å². The number of nitrogens with zero attached hydrogens (tertiary/aromatic N) is 1. The number of fused-ring (bicyclic) bond motifs is 1. The maximum Gasteiger partial charge on any atom is 0.481 e. The summed E-state index contributed by atoms with van der Waals surface area (Å²) in [6.45, 7) is 2.25. The van der Waals surface area contributed by atoms with Gasteiger partial charge in [0.15, 0.2) is 12.5 Å². The third-order valence-electron chi connectivity index (χ3n) is 5.23. The molecule has 16 heteroatoms. The van der Waals surface area contributed by atoms with Gasteiger partial charge < -0.3 is 24.0 Å². The van der Waals surface area contributed by atoms with Gasteiger partial charge in [-0.05, 0) is 19.4 Å². The zero-order valence-corrected chi connectivity index (χ0v) is 21.0. The number of benzene rings is 1. The number of H-pyrrole nitrogens is 1. The second kappa shape index (κ2) is 10.8. The topological polar surface area (TPSA) is 185 Å². The van der Waals surface area contributed by atoms with Gasteiger partial charge in [-0.15, -0.1) is 0 Å². The van der Waals surface area contributed by atoms with Crippen molar-refractivity contribution in [1.82, 2.24) is 9.55 Å². The first-order valence-electron chi connectivity index (χ1n) is 10.9. The lowest BCUT2D eigenvalue weighted by Crippen LogP contribution is -2.36. The van der Waals surface area contributed by atoms with E-state index in [1.165, 1.54) is 20.0 Å². The van der Waals surface area contributed by atoms with E-state index < -0.39 is 70.4 Å². The van der Waals surface area contributed by atoms with Crippen molar-refractivity contribution in [2.75, 3.05) is 6.61 Å². The van der Waals surface area contributed by atoms with Crippen LogP contribution < -0.4 is 11.2 Å². The molecule has 3 N–H and O–H groups in total. The Labute approximate surface area is 204 Å². The smallest absolute Gasteiger partial charge is 0.346 e. The Balaban J connectivity index is 1.51. The lowest BCUT2D eigenvalue weighted by Gasteiger charge is -2.22. The molecule has 4 unspecified atom stereocenters. The van der Waals surface area contributed by atoms with Crippen LogP contribution in [0, 0.1) is 0 Å². The lowest BCUT2D eigenvalue weighted by molar-refractivity contribution is -0.150. The van der Waals surface area contributed by atoms with E-state index >= 15 is 0 Å². The van der Waals surface area contributed by atoms with E-state index in [1.54, 1.807) is 0 Å². The number of phosphoric acid groups is 2. The summed E-state index contributed by atoms with van der Waals surface area (Å²) in [4.78, 5) is 45.6. The third kappa shape index (κ3) is 6.67. The number of rotatable bonds is 10. The Morgan fingerprint density at radius 3 is 2.39 bits per heavy atom. The van der Waals surface area contributed by atoms with Crippen LogP contribution in [0.15, 0.2) is 52.2 Å². The average Bonchev–Trinajstić information content (AvgIpc) is 3.30. The number of aromatic amines is 1. The largest absolute Gasteiger partial charge is 0.481 e. The lowest BCUT2D eigenvalue weighted by atomic mass is 10.1. The minimum atomic E-state index is -5.07. The molecule has 1 aromatic carbocycles. The van der Waals surface area contributed by atoms with E-state index in [1.807, 2.05) is 30.3 Å². The molecule has 198 valence electrons. The second-order valence-corrected chi connectivity index (χ2v) is 11.4. The van der Waals surface area contributed by atoms with Gasteiger partial charge in [-0.2, -0.15) is 4.31 Å². The quantitative estimate of drug-likeness (QED) is 0.364. The summed E-state index contributed by atoms with van der Waals surface area (Å²) in [5.74, 6) is 0. The minimum Gasteiger partial charge on any atom is -0.346 e. The highest BCUT2D eigenvalue weighted by Crippen LogP contribution is 2.61. The van der Waals surface area contributed by atoms with E-state index in [0.717, 1.165) is 16.2 Å². The fourth-order valence-corrected chi connectivity index (χ4v) is 6.15. The van der Waals surface area contributed by atoms with Gasteiger partial charge in [0.25, 0.3) is 5.56 Å². The van der Waals surface area contributed by atoms with Crippen molar-refractivity contribution in [3.8, 4) is 0 Å². The molecule has 36 heavy (non-hydrogen) atoms. The summed E-state index contributed by atoms with van der Waals surface area (Å²) in [7, 11) is -9.95.